The van der Waals surface area contributed by atoms with Crippen molar-refractivity contribution in [2.24, 2.45) is 11.7 Å². The molecule has 1 aliphatic rings. The van der Waals surface area contributed by atoms with Gasteiger partial charge in [0.2, 0.25) is 5.91 Å². The number of nitrogens with two attached hydrogens (primary N) is 1. The van der Waals surface area contributed by atoms with Gasteiger partial charge < -0.3 is 10.3 Å². The standard InChI is InChI=1S/C21H19ClN4O/c1-11-4-19-15(7-18(11)24-3)17(16-9-25-8-12(2)20(16)22)10-26(19)14-5-13(6-14)21(23)27/h4,7-10,13-14H,5-6H2,1-2H3,(H2,23,27). The molecule has 1 fully saturated rings. The minimum absolute atomic E-state index is 0.0660. The van der Waals surface area contributed by atoms with Gasteiger partial charge in [-0.1, -0.05) is 11.6 Å². The van der Waals surface area contributed by atoms with E-state index >= 15 is 0 Å². The van der Waals surface area contributed by atoms with Crippen LogP contribution >= 0.6 is 11.6 Å². The lowest BCUT2D eigenvalue weighted by atomic mass is 9.79. The molecule has 1 amide bonds. The van der Waals surface area contributed by atoms with Gasteiger partial charge >= 0.3 is 0 Å². The molecule has 1 aliphatic carbocycles. The number of nitrogens with zero attached hydrogens (tertiary/aromatic N) is 3. The summed E-state index contributed by atoms with van der Waals surface area (Å²) in [6.07, 6.45) is 7.05. The fraction of sp³-hybridized carbons (Fsp3) is 0.286. The van der Waals surface area contributed by atoms with Crippen LogP contribution < -0.4 is 5.73 Å². The summed E-state index contributed by atoms with van der Waals surface area (Å²) in [6, 6.07) is 4.18. The van der Waals surface area contributed by atoms with E-state index in [4.69, 9.17) is 23.9 Å². The van der Waals surface area contributed by atoms with Crippen LogP contribution in [0.4, 0.5) is 5.69 Å². The summed E-state index contributed by atoms with van der Waals surface area (Å²) in [6.45, 7) is 11.3. The molecule has 0 spiro atoms. The number of halogens is 1. The van der Waals surface area contributed by atoms with E-state index in [-0.39, 0.29) is 17.9 Å². The number of aromatic nitrogens is 2. The molecule has 0 saturated heterocycles. The zero-order valence-corrected chi connectivity index (χ0v) is 15.9. The van der Waals surface area contributed by atoms with Gasteiger partial charge in [-0.15, -0.1) is 0 Å². The molecule has 0 bridgehead atoms. The first kappa shape index (κ1) is 17.6. The lowest BCUT2D eigenvalue weighted by Gasteiger charge is -2.34. The van der Waals surface area contributed by atoms with Crippen LogP contribution in [0.5, 0.6) is 0 Å². The highest BCUT2D eigenvalue weighted by Gasteiger charge is 2.35. The zero-order valence-electron chi connectivity index (χ0n) is 15.2. The lowest BCUT2D eigenvalue weighted by molar-refractivity contribution is -0.125. The molecule has 0 unspecified atom stereocenters. The molecule has 3 aromatic rings. The van der Waals surface area contributed by atoms with E-state index in [2.05, 4.69) is 20.6 Å². The zero-order chi connectivity index (χ0) is 19.3. The average Bonchev–Trinajstić information content (AvgIpc) is 2.93. The van der Waals surface area contributed by atoms with Crippen molar-refractivity contribution in [1.29, 1.82) is 0 Å². The maximum absolute atomic E-state index is 11.4. The Morgan fingerprint density at radius 1 is 1.26 bits per heavy atom. The number of carbonyl (C=O) groups is 1. The molecule has 0 aliphatic heterocycles. The number of hydrogen-bond acceptors (Lipinski definition) is 2. The number of amides is 1. The normalized spacial score (nSPS) is 18.9. The van der Waals surface area contributed by atoms with Crippen molar-refractivity contribution >= 4 is 34.1 Å². The van der Waals surface area contributed by atoms with E-state index in [0.29, 0.717) is 10.7 Å². The first-order valence-corrected chi connectivity index (χ1v) is 9.21. The summed E-state index contributed by atoms with van der Waals surface area (Å²) in [5.74, 6) is -0.302. The molecule has 27 heavy (non-hydrogen) atoms. The van der Waals surface area contributed by atoms with Crippen molar-refractivity contribution in [3.8, 4) is 11.1 Å². The van der Waals surface area contributed by atoms with Crippen LogP contribution in [0.2, 0.25) is 5.02 Å². The summed E-state index contributed by atoms with van der Waals surface area (Å²) in [5, 5.41) is 1.64. The SMILES string of the molecule is [C-]#[N+]c1cc2c(-c3cncc(C)c3Cl)cn(C3CC(C(N)=O)C3)c2cc1C. The Hall–Kier alpha value is -2.84. The fourth-order valence-electron chi connectivity index (χ4n) is 3.81. The highest BCUT2D eigenvalue weighted by atomic mass is 35.5. The predicted octanol–water partition coefficient (Wildman–Crippen LogP) is 4.96. The van der Waals surface area contributed by atoms with Crippen molar-refractivity contribution in [1.82, 2.24) is 9.55 Å². The highest BCUT2D eigenvalue weighted by molar-refractivity contribution is 6.34. The number of primary amides is 1. The van der Waals surface area contributed by atoms with E-state index in [1.165, 1.54) is 0 Å². The molecular weight excluding hydrogens is 360 g/mol. The second-order valence-corrected chi connectivity index (χ2v) is 7.64. The monoisotopic (exact) mass is 378 g/mol. The molecular formula is C21H19ClN4O. The Labute approximate surface area is 162 Å². The first-order chi connectivity index (χ1) is 12.9. The molecule has 4 rings (SSSR count). The summed E-state index contributed by atoms with van der Waals surface area (Å²) in [4.78, 5) is 19.4. The van der Waals surface area contributed by atoms with Gasteiger partial charge in [-0.3, -0.25) is 9.78 Å². The number of benzene rings is 1. The van der Waals surface area contributed by atoms with Gasteiger partial charge in [0.15, 0.2) is 5.69 Å². The largest absolute Gasteiger partial charge is 0.369 e. The van der Waals surface area contributed by atoms with Crippen LogP contribution in [0.1, 0.15) is 30.0 Å². The number of pyridine rings is 1. The van der Waals surface area contributed by atoms with Gasteiger partial charge in [0.1, 0.15) is 0 Å². The summed E-state index contributed by atoms with van der Waals surface area (Å²) < 4.78 is 2.20. The van der Waals surface area contributed by atoms with Crippen LogP contribution in [0, 0.1) is 26.3 Å². The quantitative estimate of drug-likeness (QED) is 0.654. The average molecular weight is 379 g/mol. The van der Waals surface area contributed by atoms with Gasteiger partial charge in [0, 0.05) is 47.2 Å². The third kappa shape index (κ3) is 2.77. The number of fused-ring (bicyclic) bond motifs is 1. The number of aryl methyl sites for hydroxylation is 2. The van der Waals surface area contributed by atoms with E-state index in [9.17, 15) is 4.79 Å². The lowest BCUT2D eigenvalue weighted by Crippen LogP contribution is -2.36. The minimum atomic E-state index is -0.236. The topological polar surface area (TPSA) is 65.3 Å². The fourth-order valence-corrected chi connectivity index (χ4v) is 4.01. The van der Waals surface area contributed by atoms with E-state index in [1.54, 1.807) is 12.4 Å². The predicted molar refractivity (Wildman–Crippen MR) is 107 cm³/mol. The van der Waals surface area contributed by atoms with Gasteiger partial charge in [0.05, 0.1) is 11.6 Å². The summed E-state index contributed by atoms with van der Waals surface area (Å²) >= 11 is 6.56. The van der Waals surface area contributed by atoms with Crippen LogP contribution in [-0.2, 0) is 4.79 Å². The molecule has 0 radical (unpaired) electrons. The van der Waals surface area contributed by atoms with Gasteiger partial charge in [-0.2, -0.15) is 0 Å². The smallest absolute Gasteiger partial charge is 0.220 e. The van der Waals surface area contributed by atoms with Crippen molar-refractivity contribution in [2.75, 3.05) is 0 Å². The Balaban J connectivity index is 1.93. The van der Waals surface area contributed by atoms with Crippen LogP contribution in [0.25, 0.3) is 26.9 Å². The van der Waals surface area contributed by atoms with Gasteiger partial charge in [-0.05, 0) is 55.3 Å². The van der Waals surface area contributed by atoms with Crippen LogP contribution in [0.15, 0.2) is 30.7 Å². The molecule has 6 heteroatoms. The maximum Gasteiger partial charge on any atom is 0.220 e. The second kappa shape index (κ2) is 6.40. The molecule has 1 saturated carbocycles. The third-order valence-electron chi connectivity index (χ3n) is 5.52. The Kier molecular flexibility index (Phi) is 4.16. The van der Waals surface area contributed by atoms with Crippen LogP contribution in [0.3, 0.4) is 0 Å². The molecule has 5 nitrogen and oxygen atoms in total. The van der Waals surface area contributed by atoms with Crippen molar-refractivity contribution < 1.29 is 4.79 Å². The summed E-state index contributed by atoms with van der Waals surface area (Å²) in [7, 11) is 0. The molecule has 2 heterocycles. The Bertz CT molecular complexity index is 1120. The highest BCUT2D eigenvalue weighted by Crippen LogP contribution is 2.44. The third-order valence-corrected chi connectivity index (χ3v) is 6.03. The molecule has 136 valence electrons. The van der Waals surface area contributed by atoms with Crippen molar-refractivity contribution in [3.63, 3.8) is 0 Å². The Morgan fingerprint density at radius 3 is 2.67 bits per heavy atom. The maximum atomic E-state index is 11.4. The van der Waals surface area contributed by atoms with Crippen molar-refractivity contribution in [3.05, 3.63) is 58.3 Å². The van der Waals surface area contributed by atoms with Gasteiger partial charge in [0.25, 0.3) is 0 Å². The Morgan fingerprint density at radius 2 is 2.00 bits per heavy atom. The minimum Gasteiger partial charge on any atom is -0.369 e. The molecule has 0 atom stereocenters. The summed E-state index contributed by atoms with van der Waals surface area (Å²) in [5.41, 5.74) is 10.8. The number of hydrogen-bond donors (Lipinski definition) is 1. The number of carbonyl (C=O) groups excluding carboxylic acids is 1. The second-order valence-electron chi connectivity index (χ2n) is 7.26. The van der Waals surface area contributed by atoms with E-state index in [1.807, 2.05) is 26.0 Å². The van der Waals surface area contributed by atoms with E-state index < -0.39 is 0 Å². The van der Waals surface area contributed by atoms with Crippen molar-refractivity contribution in [2.45, 2.75) is 32.7 Å². The molecule has 1 aromatic carbocycles. The van der Waals surface area contributed by atoms with Crippen LogP contribution in [-0.4, -0.2) is 15.5 Å². The molecule has 2 N–H and O–H groups in total. The first-order valence-electron chi connectivity index (χ1n) is 8.83. The van der Waals surface area contributed by atoms with Gasteiger partial charge in [-0.25, -0.2) is 4.85 Å². The molecule has 2 aromatic heterocycles. The number of rotatable bonds is 3. The van der Waals surface area contributed by atoms with E-state index in [0.717, 1.165) is 46.0 Å².